The predicted octanol–water partition coefficient (Wildman–Crippen LogP) is -1.78. The molecule has 4 heteroatoms. The summed E-state index contributed by atoms with van der Waals surface area (Å²) in [4.78, 5) is 4.36. The van der Waals surface area contributed by atoms with E-state index in [0.29, 0.717) is 0 Å². The minimum absolute atomic E-state index is 0. The summed E-state index contributed by atoms with van der Waals surface area (Å²) < 4.78 is 0. The fraction of sp³-hybridized carbons (Fsp3) is 0.500. The summed E-state index contributed by atoms with van der Waals surface area (Å²) in [6, 6.07) is 12.5. The van der Waals surface area contributed by atoms with Crippen LogP contribution in [0.5, 0.6) is 0 Å². The molecule has 0 amide bonds. The molecule has 1 aromatic carbocycles. The number of likely N-dealkylation sites (N-methyl/N-ethyl adjacent to an activating group) is 2. The van der Waals surface area contributed by atoms with E-state index in [2.05, 4.69) is 44.1 Å². The monoisotopic (exact) mass is 296 g/mol. The van der Waals surface area contributed by atoms with Gasteiger partial charge in [0.15, 0.2) is 0 Å². The Morgan fingerprint density at radius 1 is 0.812 bits per heavy atom. The van der Waals surface area contributed by atoms with Crippen LogP contribution >= 0.6 is 0 Å². The van der Waals surface area contributed by atoms with E-state index in [4.69, 9.17) is 0 Å². The molecule has 1 aromatic rings. The maximum absolute atomic E-state index is 2.89. The van der Waals surface area contributed by atoms with Gasteiger partial charge in [-0.2, -0.15) is 36.4 Å². The molecule has 0 heterocycles. The van der Waals surface area contributed by atoms with E-state index < -0.39 is 0 Å². The van der Waals surface area contributed by atoms with Gasteiger partial charge in [-0.1, -0.05) is 0 Å². The zero-order valence-electron chi connectivity index (χ0n) is 10.8. The van der Waals surface area contributed by atoms with Crippen LogP contribution in [0.1, 0.15) is 0 Å². The van der Waals surface area contributed by atoms with Crippen LogP contribution in [0, 0.1) is 6.07 Å². The molecule has 0 unspecified atom stereocenters. The number of rotatable bonds is 3. The molecule has 0 aromatic heterocycles. The standard InChI is InChI=1S/C6H16N2.C6H5.BrH.Mg/c1-7(2)5-6-8(3)4;1-2-4-6-5-3-1;;/h5-6H2,1-4H3;1-5H;1H;/q;-1;;+2/p-1. The van der Waals surface area contributed by atoms with Crippen molar-refractivity contribution in [3.8, 4) is 0 Å². The van der Waals surface area contributed by atoms with Crippen molar-refractivity contribution in [2.45, 2.75) is 0 Å². The Kier molecular flexibility index (Phi) is 20.8. The molecule has 0 saturated heterocycles. The third-order valence-electron chi connectivity index (χ3n) is 1.60. The Balaban J connectivity index is -0.000000192. The largest absolute Gasteiger partial charge is 2.00 e. The zero-order chi connectivity index (χ0) is 10.8. The van der Waals surface area contributed by atoms with E-state index in [9.17, 15) is 0 Å². The first-order chi connectivity index (χ1) is 6.63. The van der Waals surface area contributed by atoms with Crippen molar-refractivity contribution in [2.75, 3.05) is 41.3 Å². The second-order valence-electron chi connectivity index (χ2n) is 3.68. The topological polar surface area (TPSA) is 6.48 Å². The van der Waals surface area contributed by atoms with Gasteiger partial charge >= 0.3 is 23.1 Å². The zero-order valence-corrected chi connectivity index (χ0v) is 13.8. The van der Waals surface area contributed by atoms with Crippen molar-refractivity contribution in [2.24, 2.45) is 0 Å². The molecule has 88 valence electrons. The molecule has 0 saturated carbocycles. The van der Waals surface area contributed by atoms with Crippen LogP contribution in [0.3, 0.4) is 0 Å². The van der Waals surface area contributed by atoms with Gasteiger partial charge in [0.1, 0.15) is 0 Å². The number of nitrogens with zero attached hydrogens (tertiary/aromatic N) is 2. The van der Waals surface area contributed by atoms with Crippen LogP contribution in [0.15, 0.2) is 30.3 Å². The van der Waals surface area contributed by atoms with E-state index in [0.717, 1.165) is 13.1 Å². The van der Waals surface area contributed by atoms with Crippen molar-refractivity contribution < 1.29 is 17.0 Å². The Hall–Kier alpha value is 0.386. The van der Waals surface area contributed by atoms with Crippen molar-refractivity contribution in [1.82, 2.24) is 9.80 Å². The Morgan fingerprint density at radius 2 is 1.19 bits per heavy atom. The number of halogens is 1. The van der Waals surface area contributed by atoms with Gasteiger partial charge in [0.2, 0.25) is 0 Å². The second-order valence-corrected chi connectivity index (χ2v) is 3.68. The summed E-state index contributed by atoms with van der Waals surface area (Å²) in [7, 11) is 8.35. The molecule has 0 bridgehead atoms. The molecule has 0 radical (unpaired) electrons. The van der Waals surface area contributed by atoms with E-state index in [-0.39, 0.29) is 40.0 Å². The number of hydrogen-bond donors (Lipinski definition) is 0. The maximum atomic E-state index is 2.89. The first-order valence-corrected chi connectivity index (χ1v) is 4.83. The summed E-state index contributed by atoms with van der Waals surface area (Å²) in [5.41, 5.74) is 0. The average molecular weight is 298 g/mol. The first-order valence-electron chi connectivity index (χ1n) is 4.83. The van der Waals surface area contributed by atoms with Gasteiger partial charge in [0.25, 0.3) is 0 Å². The molecule has 1 rings (SSSR count). The fourth-order valence-corrected chi connectivity index (χ4v) is 0.742. The van der Waals surface area contributed by atoms with Gasteiger partial charge in [-0.25, -0.2) is 0 Å². The molecule has 0 N–H and O–H groups in total. The van der Waals surface area contributed by atoms with Crippen LogP contribution in [0.25, 0.3) is 0 Å². The smallest absolute Gasteiger partial charge is 1.00 e. The van der Waals surface area contributed by atoms with Gasteiger partial charge < -0.3 is 26.8 Å². The maximum Gasteiger partial charge on any atom is 2.00 e. The number of benzene rings is 1. The third-order valence-corrected chi connectivity index (χ3v) is 1.60. The molecule has 0 fully saturated rings. The molecular formula is C12H21BrMgN2. The molecule has 2 nitrogen and oxygen atoms in total. The normalized spacial score (nSPS) is 8.62. The van der Waals surface area contributed by atoms with Crippen molar-refractivity contribution >= 4 is 23.1 Å². The van der Waals surface area contributed by atoms with Crippen LogP contribution in [0.4, 0.5) is 0 Å². The third kappa shape index (κ3) is 19.9. The minimum atomic E-state index is 0. The van der Waals surface area contributed by atoms with Gasteiger partial charge in [0, 0.05) is 13.1 Å². The van der Waals surface area contributed by atoms with Crippen LogP contribution < -0.4 is 17.0 Å². The van der Waals surface area contributed by atoms with E-state index in [1.165, 1.54) is 0 Å². The molecule has 16 heavy (non-hydrogen) atoms. The Labute approximate surface area is 127 Å². The summed E-state index contributed by atoms with van der Waals surface area (Å²) >= 11 is 0. The fourth-order valence-electron chi connectivity index (χ4n) is 0.742. The van der Waals surface area contributed by atoms with Crippen molar-refractivity contribution in [3.05, 3.63) is 36.4 Å². The predicted molar refractivity (Wildman–Crippen MR) is 68.1 cm³/mol. The molecule has 0 atom stereocenters. The summed E-state index contributed by atoms with van der Waals surface area (Å²) in [6.07, 6.45) is 0. The molecule has 0 aliphatic rings. The van der Waals surface area contributed by atoms with E-state index in [1.807, 2.05) is 30.3 Å². The molecule has 0 aliphatic heterocycles. The van der Waals surface area contributed by atoms with Gasteiger partial charge in [-0.15, -0.1) is 0 Å². The molecular weight excluding hydrogens is 276 g/mol. The second kappa shape index (κ2) is 15.4. The average Bonchev–Trinajstić information content (AvgIpc) is 2.18. The van der Waals surface area contributed by atoms with E-state index >= 15 is 0 Å². The van der Waals surface area contributed by atoms with Crippen molar-refractivity contribution in [3.63, 3.8) is 0 Å². The SMILES string of the molecule is CN(C)CCN(C)C.[Br-].[Mg+2].[c-]1ccccc1. The number of hydrogen-bond acceptors (Lipinski definition) is 2. The summed E-state index contributed by atoms with van der Waals surface area (Å²) in [5, 5.41) is 0. The Morgan fingerprint density at radius 3 is 1.31 bits per heavy atom. The summed E-state index contributed by atoms with van der Waals surface area (Å²) in [6.45, 7) is 2.29. The molecule has 0 spiro atoms. The minimum Gasteiger partial charge on any atom is -1.00 e. The van der Waals surface area contributed by atoms with Crippen LogP contribution in [-0.4, -0.2) is 74.1 Å². The summed E-state index contributed by atoms with van der Waals surface area (Å²) in [5.74, 6) is 0. The van der Waals surface area contributed by atoms with Gasteiger partial charge in [0.05, 0.1) is 0 Å². The van der Waals surface area contributed by atoms with Gasteiger partial charge in [-0.05, 0) is 28.2 Å². The van der Waals surface area contributed by atoms with E-state index in [1.54, 1.807) is 0 Å². The first kappa shape index (κ1) is 21.6. The van der Waals surface area contributed by atoms with Gasteiger partial charge in [-0.3, -0.25) is 0 Å². The quantitative estimate of drug-likeness (QED) is 0.481. The van der Waals surface area contributed by atoms with Crippen LogP contribution in [0.2, 0.25) is 0 Å². The van der Waals surface area contributed by atoms with Crippen molar-refractivity contribution in [1.29, 1.82) is 0 Å². The Bertz CT molecular complexity index is 171. The van der Waals surface area contributed by atoms with Crippen LogP contribution in [-0.2, 0) is 0 Å². The molecule has 0 aliphatic carbocycles.